The fourth-order valence-electron chi connectivity index (χ4n) is 1.47. The first-order valence-electron chi connectivity index (χ1n) is 4.90. The molecule has 17 heavy (non-hydrogen) atoms. The summed E-state index contributed by atoms with van der Waals surface area (Å²) < 4.78 is 9.60. The van der Waals surface area contributed by atoms with E-state index >= 15 is 0 Å². The molecule has 1 aromatic rings. The third-order valence-corrected chi connectivity index (χ3v) is 2.30. The Bertz CT molecular complexity index is 518. The Labute approximate surface area is 97.3 Å². The first-order chi connectivity index (χ1) is 8.00. The number of rotatable bonds is 2. The van der Waals surface area contributed by atoms with Crippen molar-refractivity contribution in [1.29, 1.82) is 0 Å². The van der Waals surface area contributed by atoms with Gasteiger partial charge in [0.05, 0.1) is 0 Å². The molecular formula is C12H10O5. The Morgan fingerprint density at radius 3 is 2.88 bits per heavy atom. The lowest BCUT2D eigenvalue weighted by Gasteiger charge is -2.06. The second kappa shape index (κ2) is 4.03. The highest BCUT2D eigenvalue weighted by Gasteiger charge is 2.33. The fraction of sp³-hybridized carbons (Fsp3) is 0.167. The average Bonchev–Trinajstić information content (AvgIpc) is 2.55. The van der Waals surface area contributed by atoms with Crippen LogP contribution in [0.15, 0.2) is 30.4 Å². The van der Waals surface area contributed by atoms with E-state index in [-0.39, 0.29) is 16.9 Å². The van der Waals surface area contributed by atoms with Crippen molar-refractivity contribution in [3.8, 4) is 5.75 Å². The van der Waals surface area contributed by atoms with Gasteiger partial charge in [-0.3, -0.25) is 0 Å². The van der Waals surface area contributed by atoms with Crippen LogP contribution >= 0.6 is 0 Å². The van der Waals surface area contributed by atoms with E-state index in [4.69, 9.17) is 4.74 Å². The van der Waals surface area contributed by atoms with Gasteiger partial charge in [0.25, 0.3) is 0 Å². The van der Waals surface area contributed by atoms with Gasteiger partial charge in [-0.1, -0.05) is 18.7 Å². The van der Waals surface area contributed by atoms with E-state index in [0.29, 0.717) is 5.56 Å². The summed E-state index contributed by atoms with van der Waals surface area (Å²) in [6.45, 7) is 4.94. The number of hydrogen-bond acceptors (Lipinski definition) is 5. The highest BCUT2D eigenvalue weighted by molar-refractivity contribution is 5.98. The first kappa shape index (κ1) is 11.3. The van der Waals surface area contributed by atoms with E-state index in [1.54, 1.807) is 6.07 Å². The van der Waals surface area contributed by atoms with Crippen molar-refractivity contribution in [1.82, 2.24) is 0 Å². The Hall–Kier alpha value is -2.14. The second-order valence-corrected chi connectivity index (χ2v) is 3.65. The largest absolute Gasteiger partial charge is 0.428 e. The molecule has 5 nitrogen and oxygen atoms in total. The van der Waals surface area contributed by atoms with Gasteiger partial charge in [-0.15, -0.1) is 0 Å². The molecule has 5 heteroatoms. The van der Waals surface area contributed by atoms with Gasteiger partial charge in [0.1, 0.15) is 11.3 Å². The van der Waals surface area contributed by atoms with Crippen molar-refractivity contribution in [3.05, 3.63) is 41.5 Å². The lowest BCUT2D eigenvalue weighted by Crippen LogP contribution is -2.10. The molecule has 0 aromatic heterocycles. The highest BCUT2D eigenvalue weighted by Crippen LogP contribution is 2.34. The summed E-state index contributed by atoms with van der Waals surface area (Å²) in [7, 11) is 0. The van der Waals surface area contributed by atoms with Crippen LogP contribution in [0.4, 0.5) is 0 Å². The molecule has 1 aromatic carbocycles. The summed E-state index contributed by atoms with van der Waals surface area (Å²) in [5, 5.41) is 9.42. The lowest BCUT2D eigenvalue weighted by molar-refractivity contribution is -0.130. The molecule has 1 N–H and O–H groups in total. The fourth-order valence-corrected chi connectivity index (χ4v) is 1.47. The minimum absolute atomic E-state index is 0.0667. The number of carbonyl (C=O) groups excluding carboxylic acids is 2. The first-order valence-corrected chi connectivity index (χ1v) is 4.90. The number of aliphatic hydroxyl groups is 1. The van der Waals surface area contributed by atoms with Gasteiger partial charge in [0.15, 0.2) is 0 Å². The quantitative estimate of drug-likeness (QED) is 0.474. The summed E-state index contributed by atoms with van der Waals surface area (Å²) in [6, 6.07) is 4.55. The summed E-state index contributed by atoms with van der Waals surface area (Å²) in [4.78, 5) is 22.8. The van der Waals surface area contributed by atoms with Gasteiger partial charge < -0.3 is 14.6 Å². The highest BCUT2D eigenvalue weighted by atomic mass is 16.6. The molecule has 0 saturated heterocycles. The Morgan fingerprint density at radius 1 is 1.53 bits per heavy atom. The van der Waals surface area contributed by atoms with Crippen molar-refractivity contribution in [2.75, 3.05) is 0 Å². The van der Waals surface area contributed by atoms with Crippen LogP contribution in [0.5, 0.6) is 5.75 Å². The van der Waals surface area contributed by atoms with Crippen molar-refractivity contribution in [2.24, 2.45) is 0 Å². The van der Waals surface area contributed by atoms with Crippen LogP contribution < -0.4 is 4.74 Å². The molecule has 0 aliphatic carbocycles. The predicted molar refractivity (Wildman–Crippen MR) is 57.3 cm³/mol. The third kappa shape index (κ3) is 1.92. The molecule has 0 radical (unpaired) electrons. The van der Waals surface area contributed by atoms with Crippen LogP contribution in [0.3, 0.4) is 0 Å². The van der Waals surface area contributed by atoms with Gasteiger partial charge in [0.2, 0.25) is 6.29 Å². The molecule has 1 unspecified atom stereocenters. The van der Waals surface area contributed by atoms with E-state index in [2.05, 4.69) is 11.3 Å². The molecule has 1 atom stereocenters. The summed E-state index contributed by atoms with van der Waals surface area (Å²) in [5.74, 6) is -1.28. The van der Waals surface area contributed by atoms with Gasteiger partial charge in [-0.2, -0.15) is 0 Å². The maximum Gasteiger partial charge on any atom is 0.345 e. The van der Waals surface area contributed by atoms with Gasteiger partial charge in [-0.05, 0) is 13.0 Å². The molecule has 1 heterocycles. The van der Waals surface area contributed by atoms with Crippen LogP contribution in [0.25, 0.3) is 0 Å². The van der Waals surface area contributed by atoms with E-state index in [9.17, 15) is 14.7 Å². The van der Waals surface area contributed by atoms with E-state index in [1.807, 2.05) is 0 Å². The molecule has 1 aliphatic rings. The van der Waals surface area contributed by atoms with Gasteiger partial charge in [0, 0.05) is 11.1 Å². The normalized spacial score (nSPS) is 17.3. The van der Waals surface area contributed by atoms with E-state index < -0.39 is 18.2 Å². The Kier molecular flexibility index (Phi) is 2.69. The van der Waals surface area contributed by atoms with Crippen molar-refractivity contribution in [2.45, 2.75) is 13.2 Å². The second-order valence-electron chi connectivity index (χ2n) is 3.65. The van der Waals surface area contributed by atoms with Crippen LogP contribution in [-0.2, 0) is 9.53 Å². The molecule has 0 saturated carbocycles. The number of carbonyl (C=O) groups is 2. The number of aliphatic hydroxyl groups excluding tert-OH is 1. The Balaban J connectivity index is 2.41. The van der Waals surface area contributed by atoms with E-state index in [0.717, 1.165) is 0 Å². The van der Waals surface area contributed by atoms with Crippen molar-refractivity contribution in [3.63, 3.8) is 0 Å². The number of ether oxygens (including phenoxy) is 2. The maximum atomic E-state index is 11.5. The van der Waals surface area contributed by atoms with Crippen molar-refractivity contribution >= 4 is 11.9 Å². The number of fused-ring (bicyclic) bond motifs is 1. The lowest BCUT2D eigenvalue weighted by atomic mass is 10.1. The molecule has 88 valence electrons. The SMILES string of the molecule is C=C(C)C(=O)Oc1cccc2c1C(=O)OC2O. The van der Waals surface area contributed by atoms with Crippen LogP contribution in [0.2, 0.25) is 0 Å². The zero-order valence-electron chi connectivity index (χ0n) is 9.10. The van der Waals surface area contributed by atoms with Gasteiger partial charge in [-0.25, -0.2) is 9.59 Å². The molecule has 0 fully saturated rings. The van der Waals surface area contributed by atoms with Crippen molar-refractivity contribution < 1.29 is 24.2 Å². The summed E-state index contributed by atoms with van der Waals surface area (Å²) in [6.07, 6.45) is -1.30. The number of esters is 2. The Morgan fingerprint density at radius 2 is 2.24 bits per heavy atom. The smallest absolute Gasteiger partial charge is 0.345 e. The van der Waals surface area contributed by atoms with Crippen LogP contribution in [0.1, 0.15) is 29.1 Å². The zero-order valence-corrected chi connectivity index (χ0v) is 9.10. The molecule has 1 aliphatic heterocycles. The third-order valence-electron chi connectivity index (χ3n) is 2.30. The number of cyclic esters (lactones) is 1. The molecule has 0 bridgehead atoms. The minimum atomic E-state index is -1.30. The minimum Gasteiger partial charge on any atom is -0.428 e. The summed E-state index contributed by atoms with van der Waals surface area (Å²) in [5.41, 5.74) is 0.589. The topological polar surface area (TPSA) is 72.8 Å². The maximum absolute atomic E-state index is 11.5. The zero-order chi connectivity index (χ0) is 12.6. The number of hydrogen-bond donors (Lipinski definition) is 1. The molecule has 0 amide bonds. The van der Waals surface area contributed by atoms with Gasteiger partial charge >= 0.3 is 11.9 Å². The van der Waals surface area contributed by atoms with Crippen LogP contribution in [0, 0.1) is 0 Å². The standard InChI is InChI=1S/C12H10O5/c1-6(2)10(13)16-8-5-3-4-7-9(8)12(15)17-11(7)14/h3-5,11,14H,1H2,2H3. The number of benzene rings is 1. The van der Waals surface area contributed by atoms with Crippen LogP contribution in [-0.4, -0.2) is 17.0 Å². The molecular weight excluding hydrogens is 224 g/mol. The average molecular weight is 234 g/mol. The van der Waals surface area contributed by atoms with E-state index in [1.165, 1.54) is 19.1 Å². The molecule has 2 rings (SSSR count). The monoisotopic (exact) mass is 234 g/mol. The summed E-state index contributed by atoms with van der Waals surface area (Å²) >= 11 is 0. The molecule has 0 spiro atoms. The predicted octanol–water partition coefficient (Wildman–Crippen LogP) is 1.33.